The van der Waals surface area contributed by atoms with Crippen LogP contribution in [-0.4, -0.2) is 28.7 Å². The number of hydrogen-bond acceptors (Lipinski definition) is 3. The van der Waals surface area contributed by atoms with Crippen molar-refractivity contribution in [2.75, 3.05) is 17.7 Å². The lowest BCUT2D eigenvalue weighted by Crippen LogP contribution is -2.21. The molecular weight excluding hydrogens is 286 g/mol. The largest absolute Gasteiger partial charge is 0.390 e. The minimum absolute atomic E-state index is 0.176. The predicted molar refractivity (Wildman–Crippen MR) is 86.9 cm³/mol. The molecule has 2 unspecified atom stereocenters. The van der Waals surface area contributed by atoms with Gasteiger partial charge in [-0.2, -0.15) is 0 Å². The van der Waals surface area contributed by atoms with Crippen molar-refractivity contribution in [3.8, 4) is 0 Å². The Labute approximate surface area is 130 Å². The van der Waals surface area contributed by atoms with Gasteiger partial charge in [0.25, 0.3) is 0 Å². The van der Waals surface area contributed by atoms with Crippen LogP contribution in [0.5, 0.6) is 0 Å². The highest BCUT2D eigenvalue weighted by Crippen LogP contribution is 2.29. The molecule has 0 amide bonds. The number of rotatable bonds is 6. The summed E-state index contributed by atoms with van der Waals surface area (Å²) in [6.45, 7) is 2.33. The molecule has 0 bridgehead atoms. The van der Waals surface area contributed by atoms with Crippen LogP contribution in [-0.2, 0) is 0 Å². The molecule has 0 aliphatic rings. The number of hydrogen-bond donors (Lipinski definition) is 3. The topological polar surface area (TPSA) is 52.5 Å². The van der Waals surface area contributed by atoms with Crippen molar-refractivity contribution in [2.24, 2.45) is 0 Å². The lowest BCUT2D eigenvalue weighted by Gasteiger charge is -2.19. The maximum atomic E-state index is 10.6. The quantitative estimate of drug-likeness (QED) is 0.719. The first kappa shape index (κ1) is 15.8. The summed E-state index contributed by atoms with van der Waals surface area (Å²) in [4.78, 5) is 0. The highest BCUT2D eigenvalue weighted by molar-refractivity contribution is 6.18. The van der Waals surface area contributed by atoms with E-state index >= 15 is 0 Å². The Balaban J connectivity index is 2.26. The number of aliphatic hydroxyl groups excluding tert-OH is 2. The molecule has 0 aliphatic carbocycles. The molecule has 2 aromatic rings. The van der Waals surface area contributed by atoms with Crippen LogP contribution in [0.15, 0.2) is 48.5 Å². The summed E-state index contributed by atoms with van der Waals surface area (Å²) in [5.41, 5.74) is 3.51. The van der Waals surface area contributed by atoms with Crippen molar-refractivity contribution in [1.82, 2.24) is 0 Å². The van der Waals surface area contributed by atoms with E-state index in [-0.39, 0.29) is 5.88 Å². The number of benzene rings is 2. The van der Waals surface area contributed by atoms with Crippen LogP contribution in [0.3, 0.4) is 0 Å². The molecule has 0 saturated heterocycles. The normalized spacial score (nSPS) is 13.7. The summed E-state index contributed by atoms with van der Waals surface area (Å²) in [6.07, 6.45) is -1.32. The fourth-order valence-corrected chi connectivity index (χ4v) is 2.28. The number of nitrogens with one attached hydrogen (secondary N) is 1. The number of aryl methyl sites for hydroxylation is 1. The van der Waals surface area contributed by atoms with Gasteiger partial charge in [0.05, 0.1) is 12.0 Å². The Bertz CT molecular complexity index is 574. The Morgan fingerprint density at radius 1 is 1.10 bits per heavy atom. The first-order valence-corrected chi connectivity index (χ1v) is 7.46. The molecule has 112 valence electrons. The number of aliphatic hydroxyl groups is 2. The molecule has 4 heteroatoms. The van der Waals surface area contributed by atoms with Gasteiger partial charge in [0, 0.05) is 17.8 Å². The predicted octanol–water partition coefficient (Wildman–Crippen LogP) is 3.09. The van der Waals surface area contributed by atoms with Crippen LogP contribution in [0.1, 0.15) is 22.8 Å². The van der Waals surface area contributed by atoms with Crippen molar-refractivity contribution >= 4 is 17.3 Å². The van der Waals surface area contributed by atoms with Crippen LogP contribution >= 0.6 is 11.6 Å². The van der Waals surface area contributed by atoms with E-state index in [1.807, 2.05) is 55.5 Å². The van der Waals surface area contributed by atoms with Gasteiger partial charge in [-0.1, -0.05) is 48.0 Å². The fourth-order valence-electron chi connectivity index (χ4n) is 2.17. The van der Waals surface area contributed by atoms with Gasteiger partial charge in [-0.15, -0.1) is 11.6 Å². The fraction of sp³-hybridized carbons (Fsp3) is 0.294. The lowest BCUT2D eigenvalue weighted by molar-refractivity contribution is 0.210. The molecule has 0 aromatic heterocycles. The van der Waals surface area contributed by atoms with Gasteiger partial charge >= 0.3 is 0 Å². The van der Waals surface area contributed by atoms with Gasteiger partial charge in [-0.05, 0) is 18.6 Å². The molecule has 0 spiro atoms. The zero-order valence-corrected chi connectivity index (χ0v) is 12.7. The molecule has 0 saturated carbocycles. The van der Waals surface area contributed by atoms with Crippen molar-refractivity contribution in [1.29, 1.82) is 0 Å². The smallest absolute Gasteiger partial charge is 0.106 e. The molecule has 0 heterocycles. The molecule has 0 aliphatic heterocycles. The second-order valence-electron chi connectivity index (χ2n) is 5.09. The zero-order chi connectivity index (χ0) is 15.2. The molecule has 21 heavy (non-hydrogen) atoms. The van der Waals surface area contributed by atoms with E-state index in [2.05, 4.69) is 5.32 Å². The van der Waals surface area contributed by atoms with Crippen LogP contribution in [0.2, 0.25) is 0 Å². The average molecular weight is 306 g/mol. The summed E-state index contributed by atoms with van der Waals surface area (Å²) in [7, 11) is 0. The van der Waals surface area contributed by atoms with Crippen molar-refractivity contribution in [2.45, 2.75) is 19.1 Å². The molecule has 2 aromatic carbocycles. The SMILES string of the molecule is Cc1ccc(NCC(O)CCl)c(C(O)c2ccccc2)c1. The molecule has 0 fully saturated rings. The van der Waals surface area contributed by atoms with Gasteiger partial charge in [0.1, 0.15) is 6.10 Å². The van der Waals surface area contributed by atoms with Crippen LogP contribution in [0.25, 0.3) is 0 Å². The highest BCUT2D eigenvalue weighted by Gasteiger charge is 2.15. The van der Waals surface area contributed by atoms with Crippen molar-refractivity contribution in [3.05, 3.63) is 65.2 Å². The summed E-state index contributed by atoms with van der Waals surface area (Å²) in [5.74, 6) is 0.176. The Hall–Kier alpha value is -1.55. The maximum absolute atomic E-state index is 10.6. The van der Waals surface area contributed by atoms with Gasteiger partial charge in [0.2, 0.25) is 0 Å². The maximum Gasteiger partial charge on any atom is 0.106 e. The molecule has 2 atom stereocenters. The van der Waals surface area contributed by atoms with Gasteiger partial charge in [0.15, 0.2) is 0 Å². The molecule has 3 nitrogen and oxygen atoms in total. The molecule has 3 N–H and O–H groups in total. The van der Waals surface area contributed by atoms with Gasteiger partial charge in [-0.25, -0.2) is 0 Å². The average Bonchev–Trinajstić information content (AvgIpc) is 2.53. The third kappa shape index (κ3) is 4.21. The minimum Gasteiger partial charge on any atom is -0.390 e. The summed E-state index contributed by atoms with van der Waals surface area (Å²) < 4.78 is 0. The molecular formula is C17H20ClNO2. The third-order valence-electron chi connectivity index (χ3n) is 3.32. The Kier molecular flexibility index (Phi) is 5.62. The van der Waals surface area contributed by atoms with E-state index in [0.717, 1.165) is 22.4 Å². The standard InChI is InChI=1S/C17H20ClNO2/c1-12-7-8-16(19-11-14(20)10-18)15(9-12)17(21)13-5-3-2-4-6-13/h2-9,14,17,19-21H,10-11H2,1H3. The van der Waals surface area contributed by atoms with Gasteiger partial charge < -0.3 is 15.5 Å². The second-order valence-corrected chi connectivity index (χ2v) is 5.40. The number of alkyl halides is 1. The van der Waals surface area contributed by atoms with E-state index in [1.54, 1.807) is 0 Å². The second kappa shape index (κ2) is 7.46. The zero-order valence-electron chi connectivity index (χ0n) is 12.0. The Morgan fingerprint density at radius 3 is 2.48 bits per heavy atom. The van der Waals surface area contributed by atoms with Crippen molar-refractivity contribution < 1.29 is 10.2 Å². The van der Waals surface area contributed by atoms with Crippen LogP contribution in [0, 0.1) is 6.92 Å². The number of anilines is 1. The lowest BCUT2D eigenvalue weighted by atomic mass is 9.98. The first-order valence-electron chi connectivity index (χ1n) is 6.93. The Morgan fingerprint density at radius 2 is 1.81 bits per heavy atom. The van der Waals surface area contributed by atoms with E-state index in [9.17, 15) is 10.2 Å². The van der Waals surface area contributed by atoms with E-state index in [1.165, 1.54) is 0 Å². The highest BCUT2D eigenvalue weighted by atomic mass is 35.5. The minimum atomic E-state index is -0.707. The van der Waals surface area contributed by atoms with E-state index in [4.69, 9.17) is 11.6 Å². The monoisotopic (exact) mass is 305 g/mol. The van der Waals surface area contributed by atoms with E-state index in [0.29, 0.717) is 6.54 Å². The van der Waals surface area contributed by atoms with Crippen LogP contribution in [0.4, 0.5) is 5.69 Å². The van der Waals surface area contributed by atoms with Gasteiger partial charge in [-0.3, -0.25) is 0 Å². The molecule has 2 rings (SSSR count). The van der Waals surface area contributed by atoms with Crippen LogP contribution < -0.4 is 5.32 Å². The van der Waals surface area contributed by atoms with Crippen molar-refractivity contribution in [3.63, 3.8) is 0 Å². The first-order chi connectivity index (χ1) is 10.1. The summed E-state index contributed by atoms with van der Waals surface area (Å²) in [6, 6.07) is 15.3. The summed E-state index contributed by atoms with van der Waals surface area (Å²) in [5, 5.41) is 23.3. The summed E-state index contributed by atoms with van der Waals surface area (Å²) >= 11 is 5.60. The third-order valence-corrected chi connectivity index (χ3v) is 3.68. The van der Waals surface area contributed by atoms with E-state index < -0.39 is 12.2 Å². The number of halogens is 1. The molecule has 0 radical (unpaired) electrons.